The number of nitrogens with zero attached hydrogens (tertiary/aromatic N) is 2. The van der Waals surface area contributed by atoms with Crippen molar-refractivity contribution in [2.24, 2.45) is 40.6 Å². The monoisotopic (exact) mass is 386 g/mol. The quantitative estimate of drug-likeness (QED) is 0.693. The minimum absolute atomic E-state index is 0.0642. The molecular formula is C21H30N4O3. The maximum Gasteiger partial charge on any atom is 0.320 e. The van der Waals surface area contributed by atoms with Crippen LogP contribution in [0.1, 0.15) is 51.9 Å². The molecule has 28 heavy (non-hydrogen) atoms. The summed E-state index contributed by atoms with van der Waals surface area (Å²) in [6.07, 6.45) is 6.14. The van der Waals surface area contributed by atoms with Crippen molar-refractivity contribution < 1.29 is 14.3 Å². The molecule has 0 spiro atoms. The van der Waals surface area contributed by atoms with Crippen LogP contribution in [-0.2, 0) is 14.3 Å². The van der Waals surface area contributed by atoms with Crippen LogP contribution in [0.2, 0.25) is 0 Å². The maximum absolute atomic E-state index is 13.5. The predicted molar refractivity (Wildman–Crippen MR) is 100 cm³/mol. The molecule has 5 aliphatic carbocycles. The molecule has 6 fully saturated rings. The van der Waals surface area contributed by atoms with Crippen molar-refractivity contribution in [3.05, 3.63) is 0 Å². The Morgan fingerprint density at radius 3 is 2.54 bits per heavy atom. The molecule has 1 amide bonds. The van der Waals surface area contributed by atoms with Crippen LogP contribution >= 0.6 is 0 Å². The molecule has 0 aromatic heterocycles. The fourth-order valence-electron chi connectivity index (χ4n) is 7.77. The summed E-state index contributed by atoms with van der Waals surface area (Å²) in [7, 11) is 0. The molecule has 4 N–H and O–H groups in total. The number of carbonyl (C=O) groups excluding carboxylic acids is 2. The lowest BCUT2D eigenvalue weighted by molar-refractivity contribution is -0.204. The van der Waals surface area contributed by atoms with Gasteiger partial charge in [0.25, 0.3) is 0 Å². The van der Waals surface area contributed by atoms with Crippen LogP contribution in [0.25, 0.3) is 0 Å². The first-order valence-corrected chi connectivity index (χ1v) is 10.7. The molecule has 4 bridgehead atoms. The van der Waals surface area contributed by atoms with Crippen LogP contribution in [0.15, 0.2) is 0 Å². The summed E-state index contributed by atoms with van der Waals surface area (Å²) in [6.45, 7) is 2.04. The van der Waals surface area contributed by atoms with Gasteiger partial charge in [0, 0.05) is 6.04 Å². The molecule has 0 aromatic rings. The minimum Gasteiger partial charge on any atom is -0.458 e. The number of ether oxygens (including phenoxy) is 1. The average Bonchev–Trinajstić information content (AvgIpc) is 3.10. The van der Waals surface area contributed by atoms with Gasteiger partial charge < -0.3 is 21.1 Å². The van der Waals surface area contributed by atoms with Gasteiger partial charge in [0.15, 0.2) is 0 Å². The maximum atomic E-state index is 13.5. The number of amides is 1. The molecule has 6 aliphatic rings. The Morgan fingerprint density at radius 2 is 1.93 bits per heavy atom. The summed E-state index contributed by atoms with van der Waals surface area (Å²) in [6, 6.07) is 1.52. The van der Waals surface area contributed by atoms with Crippen LogP contribution < -0.4 is 11.5 Å². The summed E-state index contributed by atoms with van der Waals surface area (Å²) in [5.74, 6) is 1.39. The van der Waals surface area contributed by atoms with Crippen LogP contribution in [0.5, 0.6) is 0 Å². The van der Waals surface area contributed by atoms with E-state index in [9.17, 15) is 14.9 Å². The van der Waals surface area contributed by atoms with Gasteiger partial charge >= 0.3 is 5.97 Å². The molecule has 1 heterocycles. The highest BCUT2D eigenvalue weighted by atomic mass is 16.6. The van der Waals surface area contributed by atoms with E-state index in [2.05, 4.69) is 13.0 Å². The third-order valence-electron chi connectivity index (χ3n) is 8.54. The third kappa shape index (κ3) is 2.47. The zero-order valence-electron chi connectivity index (χ0n) is 16.5. The Hall–Kier alpha value is -1.65. The lowest BCUT2D eigenvalue weighted by Crippen LogP contribution is -2.65. The summed E-state index contributed by atoms with van der Waals surface area (Å²) in [5.41, 5.74) is 11.4. The van der Waals surface area contributed by atoms with Gasteiger partial charge in [-0.2, -0.15) is 5.26 Å². The van der Waals surface area contributed by atoms with Gasteiger partial charge in [-0.05, 0) is 74.0 Å². The van der Waals surface area contributed by atoms with Gasteiger partial charge in [0.2, 0.25) is 5.91 Å². The van der Waals surface area contributed by atoms with Gasteiger partial charge in [-0.15, -0.1) is 0 Å². The number of esters is 1. The topological polar surface area (TPSA) is 122 Å². The molecule has 1 saturated heterocycles. The van der Waals surface area contributed by atoms with Gasteiger partial charge in [-0.25, -0.2) is 0 Å². The fourth-order valence-corrected chi connectivity index (χ4v) is 7.77. The van der Waals surface area contributed by atoms with E-state index in [-0.39, 0.29) is 35.9 Å². The van der Waals surface area contributed by atoms with E-state index in [1.54, 1.807) is 4.90 Å². The Kier molecular flexibility index (Phi) is 3.89. The highest BCUT2D eigenvalue weighted by Crippen LogP contribution is 2.64. The van der Waals surface area contributed by atoms with Gasteiger partial charge in [0.05, 0.1) is 18.7 Å². The number of hydrogen-bond donors (Lipinski definition) is 2. The molecule has 5 saturated carbocycles. The SMILES string of the molecule is C[C@H]1[C@H]2C[C@@H](C#N)N(C(=O)[C@@H](N)C34CC5CC(CC(OC(=O)CN)(C5)C3)C4)[C@@H]12. The summed E-state index contributed by atoms with van der Waals surface area (Å²) >= 11 is 0. The molecule has 0 radical (unpaired) electrons. The number of likely N-dealkylation sites (tertiary alicyclic amines) is 1. The minimum atomic E-state index is -0.628. The van der Waals surface area contributed by atoms with E-state index in [0.29, 0.717) is 30.1 Å². The molecule has 7 atom stereocenters. The second kappa shape index (κ2) is 5.93. The first-order valence-electron chi connectivity index (χ1n) is 10.7. The fraction of sp³-hybridized carbons (Fsp3) is 0.857. The van der Waals surface area contributed by atoms with Gasteiger partial charge in [-0.3, -0.25) is 9.59 Å². The van der Waals surface area contributed by atoms with E-state index in [0.717, 1.165) is 38.5 Å². The van der Waals surface area contributed by atoms with E-state index in [4.69, 9.17) is 16.2 Å². The summed E-state index contributed by atoms with van der Waals surface area (Å²) < 4.78 is 5.87. The van der Waals surface area contributed by atoms with Crippen molar-refractivity contribution in [3.8, 4) is 6.07 Å². The molecule has 1 aliphatic heterocycles. The molecular weight excluding hydrogens is 356 g/mol. The number of hydrogen-bond acceptors (Lipinski definition) is 6. The van der Waals surface area contributed by atoms with E-state index < -0.39 is 11.6 Å². The smallest absolute Gasteiger partial charge is 0.320 e. The van der Waals surface area contributed by atoms with Crippen molar-refractivity contribution in [2.45, 2.75) is 75.6 Å². The summed E-state index contributed by atoms with van der Waals surface area (Å²) in [4.78, 5) is 27.3. The molecule has 7 nitrogen and oxygen atoms in total. The zero-order valence-corrected chi connectivity index (χ0v) is 16.5. The van der Waals surface area contributed by atoms with Crippen molar-refractivity contribution in [3.63, 3.8) is 0 Å². The third-order valence-corrected chi connectivity index (χ3v) is 8.54. The van der Waals surface area contributed by atoms with E-state index >= 15 is 0 Å². The van der Waals surface area contributed by atoms with Crippen LogP contribution in [-0.4, -0.2) is 47.0 Å². The van der Waals surface area contributed by atoms with Gasteiger partial charge in [0.1, 0.15) is 11.6 Å². The Morgan fingerprint density at radius 1 is 1.25 bits per heavy atom. The van der Waals surface area contributed by atoms with Crippen LogP contribution in [0, 0.1) is 40.4 Å². The standard InChI is InChI=1S/C21H30N4O3/c1-11-15-3-14(8-22)25(17(11)15)19(27)18(24)20-4-12-2-13(5-20)7-21(6-12,10-20)28-16(26)9-23/h11-15,17-18H,2-7,9-10,23-24H2,1H3/t11-,12?,13?,14-,15+,17-,18+,20?,21?/m0/s1. The Balaban J connectivity index is 1.41. The lowest BCUT2D eigenvalue weighted by atomic mass is 9.46. The Bertz CT molecular complexity index is 747. The van der Waals surface area contributed by atoms with Gasteiger partial charge in [-0.1, -0.05) is 6.92 Å². The second-order valence-electron chi connectivity index (χ2n) is 10.3. The van der Waals surface area contributed by atoms with Crippen molar-refractivity contribution in [1.82, 2.24) is 4.90 Å². The molecule has 0 aromatic carbocycles. The number of nitriles is 1. The number of fused-ring (bicyclic) bond motifs is 1. The molecule has 6 rings (SSSR count). The second-order valence-corrected chi connectivity index (χ2v) is 10.3. The number of carbonyl (C=O) groups is 2. The molecule has 7 heteroatoms. The van der Waals surface area contributed by atoms with E-state index in [1.807, 2.05) is 0 Å². The van der Waals surface area contributed by atoms with Crippen LogP contribution in [0.3, 0.4) is 0 Å². The average molecular weight is 386 g/mol. The highest BCUT2D eigenvalue weighted by molar-refractivity contribution is 5.84. The van der Waals surface area contributed by atoms with Crippen LogP contribution in [0.4, 0.5) is 0 Å². The normalized spacial score (nSPS) is 48.7. The van der Waals surface area contributed by atoms with Crippen molar-refractivity contribution in [1.29, 1.82) is 5.26 Å². The predicted octanol–water partition coefficient (Wildman–Crippen LogP) is 0.914. The largest absolute Gasteiger partial charge is 0.458 e. The van der Waals surface area contributed by atoms with Crippen molar-refractivity contribution >= 4 is 11.9 Å². The Labute approximate surface area is 165 Å². The van der Waals surface area contributed by atoms with Crippen molar-refractivity contribution in [2.75, 3.05) is 6.54 Å². The molecule has 152 valence electrons. The van der Waals surface area contributed by atoms with E-state index in [1.165, 1.54) is 0 Å². The number of piperidine rings is 1. The first-order chi connectivity index (χ1) is 13.3. The summed E-state index contributed by atoms with van der Waals surface area (Å²) in [5, 5.41) is 9.54. The zero-order chi connectivity index (χ0) is 19.8. The first kappa shape index (κ1) is 18.4. The number of nitrogens with two attached hydrogens (primary N) is 2. The highest BCUT2D eigenvalue weighted by Gasteiger charge is 2.65. The number of rotatable bonds is 4. The molecule has 2 unspecified atom stereocenters. The lowest BCUT2D eigenvalue weighted by Gasteiger charge is -2.62.